The molecule has 0 aliphatic heterocycles. The Labute approximate surface area is 94.6 Å². The minimum atomic E-state index is 0.349. The van der Waals surface area contributed by atoms with Gasteiger partial charge in [0.15, 0.2) is 0 Å². The smallest absolute Gasteiger partial charge is 0.0518 e. The predicted molar refractivity (Wildman–Crippen MR) is 64.8 cm³/mol. The van der Waals surface area contributed by atoms with Crippen molar-refractivity contribution in [1.29, 1.82) is 0 Å². The van der Waals surface area contributed by atoms with E-state index in [-0.39, 0.29) is 0 Å². The third-order valence-electron chi connectivity index (χ3n) is 3.85. The maximum atomic E-state index is 5.95. The lowest BCUT2D eigenvalue weighted by atomic mass is 9.69. The number of rotatable bonds is 5. The first-order valence-corrected chi connectivity index (χ1v) is 6.40. The van der Waals surface area contributed by atoms with Gasteiger partial charge in [0.1, 0.15) is 0 Å². The van der Waals surface area contributed by atoms with E-state index in [1.165, 1.54) is 25.7 Å². The second-order valence-electron chi connectivity index (χ2n) is 5.56. The highest BCUT2D eigenvalue weighted by molar-refractivity contribution is 4.85. The van der Waals surface area contributed by atoms with Crippen molar-refractivity contribution in [2.45, 2.75) is 59.0 Å². The van der Waals surface area contributed by atoms with Crippen molar-refractivity contribution in [1.82, 2.24) is 0 Å². The van der Waals surface area contributed by atoms with Gasteiger partial charge in [-0.25, -0.2) is 0 Å². The number of nitrogens with two attached hydrogens (primary N) is 1. The van der Waals surface area contributed by atoms with Crippen LogP contribution in [0.5, 0.6) is 0 Å². The summed E-state index contributed by atoms with van der Waals surface area (Å²) in [6.45, 7) is 8.26. The minimum Gasteiger partial charge on any atom is -0.379 e. The van der Waals surface area contributed by atoms with Crippen LogP contribution in [0.2, 0.25) is 0 Å². The van der Waals surface area contributed by atoms with Crippen molar-refractivity contribution in [2.75, 3.05) is 13.2 Å². The van der Waals surface area contributed by atoms with Gasteiger partial charge in [-0.15, -0.1) is 0 Å². The van der Waals surface area contributed by atoms with Crippen LogP contribution in [0.3, 0.4) is 0 Å². The Balaban J connectivity index is 2.33. The molecule has 90 valence electrons. The Kier molecular flexibility index (Phi) is 5.07. The van der Waals surface area contributed by atoms with Gasteiger partial charge in [0.25, 0.3) is 0 Å². The Hall–Kier alpha value is -0.0800. The molecule has 1 aliphatic rings. The summed E-state index contributed by atoms with van der Waals surface area (Å²) in [5, 5.41) is 0. The van der Waals surface area contributed by atoms with Gasteiger partial charge in [-0.3, -0.25) is 0 Å². The van der Waals surface area contributed by atoms with Gasteiger partial charge < -0.3 is 10.5 Å². The van der Waals surface area contributed by atoms with Crippen LogP contribution in [0.4, 0.5) is 0 Å². The van der Waals surface area contributed by atoms with Gasteiger partial charge in [0, 0.05) is 6.61 Å². The summed E-state index contributed by atoms with van der Waals surface area (Å²) in [4.78, 5) is 0. The summed E-state index contributed by atoms with van der Waals surface area (Å²) in [6.07, 6.45) is 6.78. The second kappa shape index (κ2) is 5.86. The molecule has 0 saturated heterocycles. The minimum absolute atomic E-state index is 0.349. The highest BCUT2D eigenvalue weighted by Gasteiger charge is 2.32. The Morgan fingerprint density at radius 2 is 1.93 bits per heavy atom. The molecule has 1 aliphatic carbocycles. The fourth-order valence-corrected chi connectivity index (χ4v) is 2.44. The van der Waals surface area contributed by atoms with E-state index in [1.807, 2.05) is 0 Å². The number of hydrogen-bond acceptors (Lipinski definition) is 2. The number of ether oxygens (including phenoxy) is 1. The molecule has 15 heavy (non-hydrogen) atoms. The van der Waals surface area contributed by atoms with E-state index in [9.17, 15) is 0 Å². The summed E-state index contributed by atoms with van der Waals surface area (Å²) in [5.41, 5.74) is 6.34. The van der Waals surface area contributed by atoms with E-state index >= 15 is 0 Å². The second-order valence-corrected chi connectivity index (χ2v) is 5.56. The lowest BCUT2D eigenvalue weighted by Gasteiger charge is -2.38. The molecule has 1 fully saturated rings. The van der Waals surface area contributed by atoms with Crippen LogP contribution < -0.4 is 5.73 Å². The van der Waals surface area contributed by atoms with Gasteiger partial charge in [0.2, 0.25) is 0 Å². The average Bonchev–Trinajstić information content (AvgIpc) is 2.21. The molecule has 0 radical (unpaired) electrons. The summed E-state index contributed by atoms with van der Waals surface area (Å²) >= 11 is 0. The number of hydrogen-bond donors (Lipinski definition) is 1. The van der Waals surface area contributed by atoms with Crippen LogP contribution in [-0.4, -0.2) is 19.3 Å². The van der Waals surface area contributed by atoms with E-state index in [0.717, 1.165) is 25.5 Å². The van der Waals surface area contributed by atoms with Crippen LogP contribution >= 0.6 is 0 Å². The average molecular weight is 213 g/mol. The third-order valence-corrected chi connectivity index (χ3v) is 3.85. The highest BCUT2D eigenvalue weighted by Crippen LogP contribution is 2.40. The first-order valence-electron chi connectivity index (χ1n) is 6.40. The zero-order chi connectivity index (χ0) is 11.3. The summed E-state index contributed by atoms with van der Waals surface area (Å²) < 4.78 is 5.64. The lowest BCUT2D eigenvalue weighted by Crippen LogP contribution is -2.35. The molecule has 1 saturated carbocycles. The summed E-state index contributed by atoms with van der Waals surface area (Å²) in [6, 6.07) is 0. The van der Waals surface area contributed by atoms with Crippen molar-refractivity contribution < 1.29 is 4.74 Å². The van der Waals surface area contributed by atoms with Crippen LogP contribution in [-0.2, 0) is 4.74 Å². The molecular weight excluding hydrogens is 186 g/mol. The standard InChI is InChI=1S/C13H27NO/c1-11(2)15-9-8-13(10-14)6-4-12(3)5-7-13/h11-12H,4-10,14H2,1-3H3. The molecule has 0 aromatic rings. The van der Waals surface area contributed by atoms with Crippen molar-refractivity contribution in [3.05, 3.63) is 0 Å². The summed E-state index contributed by atoms with van der Waals surface area (Å²) in [5.74, 6) is 0.899. The molecule has 0 spiro atoms. The largest absolute Gasteiger partial charge is 0.379 e. The third kappa shape index (κ3) is 4.12. The first kappa shape index (κ1) is 13.0. The quantitative estimate of drug-likeness (QED) is 0.762. The van der Waals surface area contributed by atoms with Gasteiger partial charge in [0.05, 0.1) is 6.10 Å². The fourth-order valence-electron chi connectivity index (χ4n) is 2.44. The topological polar surface area (TPSA) is 35.2 Å². The van der Waals surface area contributed by atoms with E-state index in [1.54, 1.807) is 0 Å². The van der Waals surface area contributed by atoms with Gasteiger partial charge >= 0.3 is 0 Å². The van der Waals surface area contributed by atoms with E-state index in [0.29, 0.717) is 11.5 Å². The maximum absolute atomic E-state index is 5.95. The van der Waals surface area contributed by atoms with Crippen molar-refractivity contribution in [3.8, 4) is 0 Å². The van der Waals surface area contributed by atoms with Crippen LogP contribution in [0, 0.1) is 11.3 Å². The monoisotopic (exact) mass is 213 g/mol. The van der Waals surface area contributed by atoms with Crippen LogP contribution in [0.1, 0.15) is 52.9 Å². The molecule has 0 unspecified atom stereocenters. The SMILES string of the molecule is CC1CCC(CN)(CCOC(C)C)CC1. The Morgan fingerprint density at radius 1 is 1.33 bits per heavy atom. The maximum Gasteiger partial charge on any atom is 0.0518 e. The van der Waals surface area contributed by atoms with Crippen molar-refractivity contribution in [2.24, 2.45) is 17.1 Å². The molecule has 2 heteroatoms. The predicted octanol–water partition coefficient (Wildman–Crippen LogP) is 2.96. The van der Waals surface area contributed by atoms with Crippen LogP contribution in [0.25, 0.3) is 0 Å². The van der Waals surface area contributed by atoms with Gasteiger partial charge in [-0.2, -0.15) is 0 Å². The van der Waals surface area contributed by atoms with Crippen LogP contribution in [0.15, 0.2) is 0 Å². The highest BCUT2D eigenvalue weighted by atomic mass is 16.5. The van der Waals surface area contributed by atoms with Gasteiger partial charge in [-0.05, 0) is 51.0 Å². The molecular formula is C13H27NO. The molecule has 0 amide bonds. The van der Waals surface area contributed by atoms with E-state index < -0.39 is 0 Å². The molecule has 0 aromatic carbocycles. The molecule has 2 nitrogen and oxygen atoms in total. The molecule has 0 atom stereocenters. The van der Waals surface area contributed by atoms with E-state index in [4.69, 9.17) is 10.5 Å². The summed E-state index contributed by atoms with van der Waals surface area (Å²) in [7, 11) is 0. The Morgan fingerprint density at radius 3 is 2.40 bits per heavy atom. The normalized spacial score (nSPS) is 32.2. The zero-order valence-electron chi connectivity index (χ0n) is 10.6. The lowest BCUT2D eigenvalue weighted by molar-refractivity contribution is 0.0371. The van der Waals surface area contributed by atoms with Gasteiger partial charge in [-0.1, -0.05) is 19.8 Å². The molecule has 0 bridgehead atoms. The molecule has 0 aromatic heterocycles. The van der Waals surface area contributed by atoms with E-state index in [2.05, 4.69) is 20.8 Å². The van der Waals surface area contributed by atoms with Crippen molar-refractivity contribution in [3.63, 3.8) is 0 Å². The molecule has 1 rings (SSSR count). The first-order chi connectivity index (χ1) is 7.08. The molecule has 0 heterocycles. The zero-order valence-corrected chi connectivity index (χ0v) is 10.6. The fraction of sp³-hybridized carbons (Fsp3) is 1.00. The Bertz CT molecular complexity index is 171. The molecule has 2 N–H and O–H groups in total. The van der Waals surface area contributed by atoms with Crippen molar-refractivity contribution >= 4 is 0 Å².